The van der Waals surface area contributed by atoms with Crippen LogP contribution in [0.15, 0.2) is 30.7 Å². The second-order valence-corrected chi connectivity index (χ2v) is 6.02. The molecule has 132 valence electrons. The fraction of sp³-hybridized carbons (Fsp3) is 0.412. The van der Waals surface area contributed by atoms with Crippen LogP contribution in [0.4, 0.5) is 5.95 Å². The second kappa shape index (κ2) is 7.43. The van der Waals surface area contributed by atoms with Gasteiger partial charge in [-0.25, -0.2) is 15.0 Å². The van der Waals surface area contributed by atoms with Crippen molar-refractivity contribution in [3.05, 3.63) is 41.9 Å². The lowest BCUT2D eigenvalue weighted by Crippen LogP contribution is -2.41. The van der Waals surface area contributed by atoms with E-state index in [-0.39, 0.29) is 24.0 Å². The van der Waals surface area contributed by atoms with Crippen LogP contribution in [0.1, 0.15) is 34.8 Å². The molecule has 1 saturated carbocycles. The maximum Gasteiger partial charge on any atom is 0.254 e. The van der Waals surface area contributed by atoms with Crippen molar-refractivity contribution in [3.63, 3.8) is 0 Å². The summed E-state index contributed by atoms with van der Waals surface area (Å²) in [6.07, 6.45) is 5.63. The smallest absolute Gasteiger partial charge is 0.254 e. The highest BCUT2D eigenvalue weighted by molar-refractivity contribution is 5.94. The molecule has 0 saturated heterocycles. The van der Waals surface area contributed by atoms with E-state index in [1.54, 1.807) is 26.4 Å². The van der Waals surface area contributed by atoms with Gasteiger partial charge < -0.3 is 20.5 Å². The number of aliphatic hydroxyl groups excluding tert-OH is 1. The third-order valence-corrected chi connectivity index (χ3v) is 4.37. The zero-order valence-electron chi connectivity index (χ0n) is 14.1. The third kappa shape index (κ3) is 3.85. The topological polar surface area (TPSA) is 109 Å². The normalized spacial score (nSPS) is 20.3. The Labute approximate surface area is 145 Å². The third-order valence-electron chi connectivity index (χ3n) is 4.37. The number of aromatic nitrogens is 3. The molecule has 1 fully saturated rings. The number of ether oxygens (including phenoxy) is 1. The minimum atomic E-state index is -0.311. The van der Waals surface area contributed by atoms with Crippen molar-refractivity contribution in [2.45, 2.75) is 25.0 Å². The monoisotopic (exact) mass is 343 g/mol. The first-order valence-corrected chi connectivity index (χ1v) is 8.09. The number of carbonyl (C=O) groups is 1. The van der Waals surface area contributed by atoms with E-state index in [1.807, 2.05) is 6.07 Å². The Balaban J connectivity index is 1.77. The summed E-state index contributed by atoms with van der Waals surface area (Å²) in [5, 5.41) is 15.5. The standard InChI is InChI=1S/C17H21N5O3/c1-18-17-20-8-12(9-21-17)16(24)22-15(11-5-13(23)6-11)10-3-4-14(25-2)19-7-10/h3-4,7-9,11,13,15,23H,5-6H2,1-2H3,(H,22,24)(H,18,20,21)/t11?,13?,15-/m1/s1. The summed E-state index contributed by atoms with van der Waals surface area (Å²) in [5.41, 5.74) is 1.25. The van der Waals surface area contributed by atoms with E-state index in [2.05, 4.69) is 25.6 Å². The molecule has 8 nitrogen and oxygen atoms in total. The first kappa shape index (κ1) is 17.1. The zero-order chi connectivity index (χ0) is 17.8. The molecule has 0 spiro atoms. The van der Waals surface area contributed by atoms with Gasteiger partial charge in [-0.15, -0.1) is 0 Å². The van der Waals surface area contributed by atoms with Gasteiger partial charge >= 0.3 is 0 Å². The van der Waals surface area contributed by atoms with E-state index in [4.69, 9.17) is 4.74 Å². The number of nitrogens with zero attached hydrogens (tertiary/aromatic N) is 3. The van der Waals surface area contributed by atoms with Gasteiger partial charge in [-0.1, -0.05) is 6.07 Å². The molecule has 25 heavy (non-hydrogen) atoms. The van der Waals surface area contributed by atoms with Crippen LogP contribution in [0.2, 0.25) is 0 Å². The minimum absolute atomic E-state index is 0.159. The van der Waals surface area contributed by atoms with Gasteiger partial charge in [0.2, 0.25) is 11.8 Å². The van der Waals surface area contributed by atoms with Crippen molar-refractivity contribution >= 4 is 11.9 Å². The number of nitrogens with one attached hydrogen (secondary N) is 2. The van der Waals surface area contributed by atoms with E-state index < -0.39 is 0 Å². The molecule has 2 aromatic rings. The summed E-state index contributed by atoms with van der Waals surface area (Å²) < 4.78 is 5.08. The number of pyridine rings is 1. The van der Waals surface area contributed by atoms with Crippen molar-refractivity contribution < 1.29 is 14.6 Å². The molecule has 1 amide bonds. The fourth-order valence-electron chi connectivity index (χ4n) is 2.87. The summed E-state index contributed by atoms with van der Waals surface area (Å²) in [4.78, 5) is 24.9. The second-order valence-electron chi connectivity index (χ2n) is 6.02. The van der Waals surface area contributed by atoms with E-state index >= 15 is 0 Å². The predicted octanol–water partition coefficient (Wildman–Crippen LogP) is 1.16. The Hall–Kier alpha value is -2.74. The van der Waals surface area contributed by atoms with Crippen molar-refractivity contribution in [2.75, 3.05) is 19.5 Å². The summed E-state index contributed by atoms with van der Waals surface area (Å²) in [6, 6.07) is 3.40. The zero-order valence-corrected chi connectivity index (χ0v) is 14.1. The van der Waals surface area contributed by atoms with Gasteiger partial charge in [0.15, 0.2) is 0 Å². The first-order valence-electron chi connectivity index (χ1n) is 8.09. The highest BCUT2D eigenvalue weighted by atomic mass is 16.5. The largest absolute Gasteiger partial charge is 0.481 e. The van der Waals surface area contributed by atoms with E-state index in [0.717, 1.165) is 5.56 Å². The van der Waals surface area contributed by atoms with Gasteiger partial charge in [0.1, 0.15) is 0 Å². The van der Waals surface area contributed by atoms with Crippen molar-refractivity contribution in [2.24, 2.45) is 5.92 Å². The van der Waals surface area contributed by atoms with E-state index in [1.165, 1.54) is 12.4 Å². The van der Waals surface area contributed by atoms with Crippen LogP contribution >= 0.6 is 0 Å². The lowest BCUT2D eigenvalue weighted by atomic mass is 9.75. The number of rotatable bonds is 6. The average molecular weight is 343 g/mol. The maximum atomic E-state index is 12.6. The number of hydrogen-bond donors (Lipinski definition) is 3. The molecule has 0 unspecified atom stereocenters. The Morgan fingerprint density at radius 1 is 1.24 bits per heavy atom. The lowest BCUT2D eigenvalue weighted by molar-refractivity contribution is 0.0234. The molecule has 0 radical (unpaired) electrons. The molecule has 1 atom stereocenters. The van der Waals surface area contributed by atoms with Gasteiger partial charge in [-0.05, 0) is 24.3 Å². The number of hydrogen-bond acceptors (Lipinski definition) is 7. The molecular weight excluding hydrogens is 322 g/mol. The van der Waals surface area contributed by atoms with Gasteiger partial charge in [0.05, 0.1) is 24.8 Å². The molecule has 8 heteroatoms. The van der Waals surface area contributed by atoms with Crippen LogP contribution in [0.25, 0.3) is 0 Å². The molecule has 3 N–H and O–H groups in total. The molecule has 1 aliphatic carbocycles. The molecular formula is C17H21N5O3. The molecule has 0 aliphatic heterocycles. The van der Waals surface area contributed by atoms with Crippen LogP contribution in [-0.4, -0.2) is 46.2 Å². The Bertz CT molecular complexity index is 714. The predicted molar refractivity (Wildman–Crippen MR) is 91.3 cm³/mol. The molecule has 2 aromatic heterocycles. The molecule has 3 rings (SSSR count). The van der Waals surface area contributed by atoms with E-state index in [9.17, 15) is 9.90 Å². The van der Waals surface area contributed by atoms with Gasteiger partial charge in [-0.2, -0.15) is 0 Å². The first-order chi connectivity index (χ1) is 12.1. The summed E-state index contributed by atoms with van der Waals surface area (Å²) in [7, 11) is 3.27. The molecule has 0 bridgehead atoms. The molecule has 1 aliphatic rings. The number of anilines is 1. The maximum absolute atomic E-state index is 12.6. The summed E-state index contributed by atoms with van der Waals surface area (Å²) in [6.45, 7) is 0. The van der Waals surface area contributed by atoms with Crippen molar-refractivity contribution in [1.82, 2.24) is 20.3 Å². The van der Waals surface area contributed by atoms with Crippen LogP contribution in [0.5, 0.6) is 5.88 Å². The number of methoxy groups -OCH3 is 1. The lowest BCUT2D eigenvalue weighted by Gasteiger charge is -2.38. The summed E-state index contributed by atoms with van der Waals surface area (Å²) in [5.74, 6) is 0.865. The van der Waals surface area contributed by atoms with Gasteiger partial charge in [-0.3, -0.25) is 4.79 Å². The number of amides is 1. The molecule has 2 heterocycles. The minimum Gasteiger partial charge on any atom is -0.481 e. The Morgan fingerprint density at radius 2 is 1.96 bits per heavy atom. The Morgan fingerprint density at radius 3 is 2.48 bits per heavy atom. The van der Waals surface area contributed by atoms with Crippen LogP contribution in [-0.2, 0) is 0 Å². The fourth-order valence-corrected chi connectivity index (χ4v) is 2.87. The SMILES string of the molecule is CNc1ncc(C(=O)N[C@H](c2ccc(OC)nc2)C2CC(O)C2)cn1. The quantitative estimate of drug-likeness (QED) is 0.722. The van der Waals surface area contributed by atoms with Gasteiger partial charge in [0.25, 0.3) is 5.91 Å². The Kier molecular flexibility index (Phi) is 5.08. The highest BCUT2D eigenvalue weighted by Crippen LogP contribution is 2.38. The number of carbonyl (C=O) groups excluding carboxylic acids is 1. The van der Waals surface area contributed by atoms with Crippen LogP contribution < -0.4 is 15.4 Å². The molecule has 0 aromatic carbocycles. The van der Waals surface area contributed by atoms with Crippen LogP contribution in [0.3, 0.4) is 0 Å². The summed E-state index contributed by atoms with van der Waals surface area (Å²) >= 11 is 0. The van der Waals surface area contributed by atoms with Crippen molar-refractivity contribution in [1.29, 1.82) is 0 Å². The van der Waals surface area contributed by atoms with Crippen molar-refractivity contribution in [3.8, 4) is 5.88 Å². The highest BCUT2D eigenvalue weighted by Gasteiger charge is 2.36. The van der Waals surface area contributed by atoms with E-state index in [0.29, 0.717) is 30.2 Å². The van der Waals surface area contributed by atoms with Crippen LogP contribution in [0, 0.1) is 5.92 Å². The average Bonchev–Trinajstić information content (AvgIpc) is 2.64. The number of aliphatic hydroxyl groups is 1. The van der Waals surface area contributed by atoms with Gasteiger partial charge in [0, 0.05) is 31.7 Å².